The Morgan fingerprint density at radius 3 is 2.31 bits per heavy atom. The predicted octanol–water partition coefficient (Wildman–Crippen LogP) is 1.67. The van der Waals surface area contributed by atoms with Crippen LogP contribution in [0.5, 0.6) is 0 Å². The molecule has 0 heterocycles. The number of nitrogens with zero attached hydrogens (tertiary/aromatic N) is 1. The quantitative estimate of drug-likeness (QED) is 0.670. The average molecular weight is 187 g/mol. The lowest BCUT2D eigenvalue weighted by atomic mass is 10.1. The Balaban J connectivity index is 4.42. The summed E-state index contributed by atoms with van der Waals surface area (Å²) in [5.74, 6) is 0.0318. The summed E-state index contributed by atoms with van der Waals surface area (Å²) in [5.41, 5.74) is -0.710. The smallest absolute Gasteiger partial charge is 0.254 e. The van der Waals surface area contributed by atoms with Crippen molar-refractivity contribution in [1.82, 2.24) is 4.90 Å². The van der Waals surface area contributed by atoms with E-state index < -0.39 is 5.60 Å². The topological polar surface area (TPSA) is 29.5 Å². The van der Waals surface area contributed by atoms with Gasteiger partial charge in [-0.1, -0.05) is 6.92 Å². The van der Waals surface area contributed by atoms with Crippen molar-refractivity contribution in [2.45, 2.75) is 45.8 Å². The molecule has 0 aromatic carbocycles. The molecular formula is C10H21NO2. The molecule has 1 unspecified atom stereocenters. The summed E-state index contributed by atoms with van der Waals surface area (Å²) >= 11 is 0. The first-order chi connectivity index (χ1) is 5.86. The Kier molecular flexibility index (Phi) is 4.40. The molecule has 0 aromatic rings. The summed E-state index contributed by atoms with van der Waals surface area (Å²) in [6.45, 7) is 7.67. The van der Waals surface area contributed by atoms with Crippen LogP contribution in [-0.2, 0) is 9.53 Å². The monoisotopic (exact) mass is 187 g/mol. The Labute approximate surface area is 81.1 Å². The minimum Gasteiger partial charge on any atom is -0.369 e. The molecule has 0 radical (unpaired) electrons. The van der Waals surface area contributed by atoms with Gasteiger partial charge in [-0.25, -0.2) is 0 Å². The van der Waals surface area contributed by atoms with E-state index in [-0.39, 0.29) is 11.9 Å². The first-order valence-electron chi connectivity index (χ1n) is 4.69. The number of hydrogen-bond acceptors (Lipinski definition) is 2. The fourth-order valence-electron chi connectivity index (χ4n) is 0.986. The van der Waals surface area contributed by atoms with Crippen LogP contribution < -0.4 is 0 Å². The second-order valence-electron chi connectivity index (χ2n) is 3.89. The van der Waals surface area contributed by atoms with Gasteiger partial charge in [-0.15, -0.1) is 0 Å². The zero-order valence-corrected chi connectivity index (χ0v) is 9.55. The SMILES string of the molecule is CCC(C)N(C)C(=O)C(C)(C)OC. The van der Waals surface area contributed by atoms with Gasteiger partial charge in [0, 0.05) is 20.2 Å². The van der Waals surface area contributed by atoms with Gasteiger partial charge in [0.25, 0.3) is 5.91 Å². The van der Waals surface area contributed by atoms with Gasteiger partial charge >= 0.3 is 0 Å². The number of ether oxygens (including phenoxy) is 1. The number of carbonyl (C=O) groups is 1. The van der Waals surface area contributed by atoms with E-state index in [4.69, 9.17) is 4.74 Å². The summed E-state index contributed by atoms with van der Waals surface area (Å²) in [4.78, 5) is 13.5. The van der Waals surface area contributed by atoms with Gasteiger partial charge in [-0.2, -0.15) is 0 Å². The highest BCUT2D eigenvalue weighted by atomic mass is 16.5. The Morgan fingerprint density at radius 2 is 2.00 bits per heavy atom. The first kappa shape index (κ1) is 12.4. The molecule has 0 bridgehead atoms. The lowest BCUT2D eigenvalue weighted by Gasteiger charge is -2.31. The predicted molar refractivity (Wildman–Crippen MR) is 53.6 cm³/mol. The summed E-state index contributed by atoms with van der Waals surface area (Å²) < 4.78 is 5.12. The average Bonchev–Trinajstić information content (AvgIpc) is 2.14. The molecule has 0 aliphatic heterocycles. The molecule has 0 saturated carbocycles. The van der Waals surface area contributed by atoms with E-state index in [1.165, 1.54) is 0 Å². The fraction of sp³-hybridized carbons (Fsp3) is 0.900. The minimum atomic E-state index is -0.710. The van der Waals surface area contributed by atoms with Crippen LogP contribution in [-0.4, -0.2) is 36.6 Å². The Hall–Kier alpha value is -0.570. The maximum Gasteiger partial charge on any atom is 0.254 e. The van der Waals surface area contributed by atoms with Gasteiger partial charge in [-0.05, 0) is 27.2 Å². The molecule has 1 atom stereocenters. The number of methoxy groups -OCH3 is 1. The van der Waals surface area contributed by atoms with Gasteiger partial charge in [0.05, 0.1) is 0 Å². The van der Waals surface area contributed by atoms with Crippen molar-refractivity contribution in [3.8, 4) is 0 Å². The summed E-state index contributed by atoms with van der Waals surface area (Å²) in [7, 11) is 3.37. The highest BCUT2D eigenvalue weighted by Gasteiger charge is 2.31. The van der Waals surface area contributed by atoms with Gasteiger partial charge in [0.2, 0.25) is 0 Å². The van der Waals surface area contributed by atoms with E-state index in [1.54, 1.807) is 25.9 Å². The molecule has 0 N–H and O–H groups in total. The van der Waals surface area contributed by atoms with E-state index in [1.807, 2.05) is 14.0 Å². The third-order valence-electron chi connectivity index (χ3n) is 2.60. The van der Waals surface area contributed by atoms with E-state index in [2.05, 4.69) is 6.92 Å². The van der Waals surface area contributed by atoms with Crippen LogP contribution in [0.4, 0.5) is 0 Å². The van der Waals surface area contributed by atoms with E-state index in [0.717, 1.165) is 6.42 Å². The Morgan fingerprint density at radius 1 is 1.54 bits per heavy atom. The summed E-state index contributed by atoms with van der Waals surface area (Å²) in [6, 6.07) is 0.266. The Bertz CT molecular complexity index is 178. The van der Waals surface area contributed by atoms with Crippen LogP contribution >= 0.6 is 0 Å². The van der Waals surface area contributed by atoms with Crippen LogP contribution in [0.3, 0.4) is 0 Å². The number of amides is 1. The van der Waals surface area contributed by atoms with E-state index in [9.17, 15) is 4.79 Å². The number of likely N-dealkylation sites (N-methyl/N-ethyl adjacent to an activating group) is 1. The summed E-state index contributed by atoms with van der Waals surface area (Å²) in [6.07, 6.45) is 0.960. The van der Waals surface area contributed by atoms with Crippen LogP contribution in [0.15, 0.2) is 0 Å². The van der Waals surface area contributed by atoms with Crippen molar-refractivity contribution in [1.29, 1.82) is 0 Å². The standard InChI is InChI=1S/C10H21NO2/c1-7-8(2)11(5)9(12)10(3,4)13-6/h8H,7H2,1-6H3. The third-order valence-corrected chi connectivity index (χ3v) is 2.60. The fourth-order valence-corrected chi connectivity index (χ4v) is 0.986. The van der Waals surface area contributed by atoms with E-state index >= 15 is 0 Å². The van der Waals surface area contributed by atoms with Gasteiger partial charge in [0.15, 0.2) is 0 Å². The number of hydrogen-bond donors (Lipinski definition) is 0. The molecule has 78 valence electrons. The molecule has 0 aromatic heterocycles. The lowest BCUT2D eigenvalue weighted by molar-refractivity contribution is -0.151. The first-order valence-corrected chi connectivity index (χ1v) is 4.69. The molecule has 0 rings (SSSR count). The van der Waals surface area contributed by atoms with E-state index in [0.29, 0.717) is 0 Å². The molecule has 13 heavy (non-hydrogen) atoms. The molecule has 0 spiro atoms. The van der Waals surface area contributed by atoms with Crippen LogP contribution in [0.1, 0.15) is 34.1 Å². The molecule has 0 saturated heterocycles. The molecule has 0 fully saturated rings. The maximum absolute atomic E-state index is 11.8. The van der Waals surface area contributed by atoms with Crippen molar-refractivity contribution in [3.63, 3.8) is 0 Å². The number of rotatable bonds is 4. The zero-order valence-electron chi connectivity index (χ0n) is 9.55. The van der Waals surface area contributed by atoms with Crippen molar-refractivity contribution in [3.05, 3.63) is 0 Å². The zero-order chi connectivity index (χ0) is 10.6. The largest absolute Gasteiger partial charge is 0.369 e. The summed E-state index contributed by atoms with van der Waals surface area (Å²) in [5, 5.41) is 0. The lowest BCUT2D eigenvalue weighted by Crippen LogP contribution is -2.47. The van der Waals surface area contributed by atoms with Crippen molar-refractivity contribution < 1.29 is 9.53 Å². The molecular weight excluding hydrogens is 166 g/mol. The van der Waals surface area contributed by atoms with Gasteiger partial charge in [0.1, 0.15) is 5.60 Å². The minimum absolute atomic E-state index is 0.0318. The number of carbonyl (C=O) groups excluding carboxylic acids is 1. The molecule has 0 aliphatic rings. The molecule has 1 amide bonds. The van der Waals surface area contributed by atoms with Crippen molar-refractivity contribution in [2.24, 2.45) is 0 Å². The highest BCUT2D eigenvalue weighted by molar-refractivity contribution is 5.84. The van der Waals surface area contributed by atoms with Crippen molar-refractivity contribution >= 4 is 5.91 Å². The van der Waals surface area contributed by atoms with Gasteiger partial charge < -0.3 is 9.64 Å². The molecule has 0 aliphatic carbocycles. The van der Waals surface area contributed by atoms with Crippen LogP contribution in [0.25, 0.3) is 0 Å². The maximum atomic E-state index is 11.8. The molecule has 3 heteroatoms. The normalized spacial score (nSPS) is 14.0. The second-order valence-corrected chi connectivity index (χ2v) is 3.89. The molecule has 3 nitrogen and oxygen atoms in total. The van der Waals surface area contributed by atoms with Crippen molar-refractivity contribution in [2.75, 3.05) is 14.2 Å². The van der Waals surface area contributed by atoms with Crippen LogP contribution in [0.2, 0.25) is 0 Å². The van der Waals surface area contributed by atoms with Crippen LogP contribution in [0, 0.1) is 0 Å². The second kappa shape index (κ2) is 4.61. The van der Waals surface area contributed by atoms with Gasteiger partial charge in [-0.3, -0.25) is 4.79 Å². The third kappa shape index (κ3) is 2.99. The highest BCUT2D eigenvalue weighted by Crippen LogP contribution is 2.14.